The number of halogens is 1. The summed E-state index contributed by atoms with van der Waals surface area (Å²) in [5.74, 6) is 0. The number of carbonyl (C=O) groups is 1. The number of nitrogens with one attached hydrogen (secondary N) is 2. The summed E-state index contributed by atoms with van der Waals surface area (Å²) < 4.78 is 0.948. The molecule has 2 amide bonds. The van der Waals surface area contributed by atoms with E-state index in [0.29, 0.717) is 15.8 Å². The predicted molar refractivity (Wildman–Crippen MR) is 89.9 cm³/mol. The molecule has 8 heteroatoms. The number of carbonyl (C=O) groups excluding carboxylic acids is 1. The number of nitrogens with zero attached hydrogens (tertiary/aromatic N) is 3. The van der Waals surface area contributed by atoms with Gasteiger partial charge in [0, 0.05) is 28.1 Å². The zero-order chi connectivity index (χ0) is 15.4. The summed E-state index contributed by atoms with van der Waals surface area (Å²) in [5.41, 5.74) is 1.55. The van der Waals surface area contributed by atoms with Crippen molar-refractivity contribution < 1.29 is 4.79 Å². The summed E-state index contributed by atoms with van der Waals surface area (Å²) in [6, 6.07) is 10.6. The van der Waals surface area contributed by atoms with Gasteiger partial charge in [0.05, 0.1) is 0 Å². The Labute approximate surface area is 138 Å². The number of benzene rings is 1. The zero-order valence-corrected chi connectivity index (χ0v) is 13.6. The smallest absolute Gasteiger partial charge is 0.308 e. The van der Waals surface area contributed by atoms with Crippen LogP contribution in [0.3, 0.4) is 0 Å². The molecule has 0 aliphatic carbocycles. The molecular formula is C14H10BrN5OS. The lowest BCUT2D eigenvalue weighted by atomic mass is 10.3. The van der Waals surface area contributed by atoms with Gasteiger partial charge in [-0.2, -0.15) is 0 Å². The van der Waals surface area contributed by atoms with Crippen molar-refractivity contribution in [3.8, 4) is 10.6 Å². The highest BCUT2D eigenvalue weighted by Gasteiger charge is 2.09. The summed E-state index contributed by atoms with van der Waals surface area (Å²) in [6.07, 6.45) is 3.39. The van der Waals surface area contributed by atoms with E-state index in [1.54, 1.807) is 24.5 Å². The number of aromatic nitrogens is 3. The van der Waals surface area contributed by atoms with Crippen LogP contribution in [0.25, 0.3) is 10.6 Å². The lowest BCUT2D eigenvalue weighted by Gasteiger charge is -2.04. The van der Waals surface area contributed by atoms with Crippen LogP contribution in [-0.2, 0) is 0 Å². The minimum Gasteiger partial charge on any atom is -0.308 e. The Balaban J connectivity index is 1.65. The minimum atomic E-state index is -0.365. The molecule has 0 bridgehead atoms. The van der Waals surface area contributed by atoms with Crippen LogP contribution in [0.5, 0.6) is 0 Å². The molecule has 0 spiro atoms. The second-order valence-corrected chi connectivity index (χ2v) is 6.13. The Morgan fingerprint density at radius 1 is 1.09 bits per heavy atom. The van der Waals surface area contributed by atoms with Crippen molar-refractivity contribution in [2.24, 2.45) is 0 Å². The van der Waals surface area contributed by atoms with E-state index in [-0.39, 0.29) is 6.03 Å². The van der Waals surface area contributed by atoms with Crippen molar-refractivity contribution in [1.82, 2.24) is 15.2 Å². The molecular weight excluding hydrogens is 366 g/mol. The van der Waals surface area contributed by atoms with Crippen LogP contribution in [0.4, 0.5) is 15.6 Å². The number of pyridine rings is 1. The number of hydrogen-bond donors (Lipinski definition) is 2. The molecule has 6 nitrogen and oxygen atoms in total. The molecule has 0 saturated carbocycles. The third-order valence-electron chi connectivity index (χ3n) is 2.66. The summed E-state index contributed by atoms with van der Waals surface area (Å²) in [7, 11) is 0. The number of rotatable bonds is 3. The first-order valence-corrected chi connectivity index (χ1v) is 7.89. The van der Waals surface area contributed by atoms with Crippen molar-refractivity contribution in [3.05, 3.63) is 53.3 Å². The lowest BCUT2D eigenvalue weighted by Crippen LogP contribution is -2.19. The van der Waals surface area contributed by atoms with E-state index in [4.69, 9.17) is 0 Å². The summed E-state index contributed by atoms with van der Waals surface area (Å²) in [6.45, 7) is 0. The van der Waals surface area contributed by atoms with Crippen LogP contribution in [0.2, 0.25) is 0 Å². The van der Waals surface area contributed by atoms with E-state index in [0.717, 1.165) is 10.0 Å². The van der Waals surface area contributed by atoms with E-state index in [1.165, 1.54) is 11.3 Å². The number of amides is 2. The highest BCUT2D eigenvalue weighted by atomic mass is 79.9. The summed E-state index contributed by atoms with van der Waals surface area (Å²) in [4.78, 5) is 15.9. The summed E-state index contributed by atoms with van der Waals surface area (Å²) in [5, 5.41) is 14.5. The highest BCUT2D eigenvalue weighted by molar-refractivity contribution is 9.10. The Morgan fingerprint density at radius 3 is 2.64 bits per heavy atom. The molecule has 0 aliphatic rings. The average Bonchev–Trinajstić information content (AvgIpc) is 2.99. The van der Waals surface area contributed by atoms with Crippen molar-refractivity contribution >= 4 is 44.1 Å². The molecule has 22 heavy (non-hydrogen) atoms. The van der Waals surface area contributed by atoms with Crippen molar-refractivity contribution in [1.29, 1.82) is 0 Å². The fraction of sp³-hybridized carbons (Fsp3) is 0. The Hall–Kier alpha value is -2.32. The molecule has 0 atom stereocenters. The van der Waals surface area contributed by atoms with Gasteiger partial charge in [0.2, 0.25) is 5.13 Å². The largest absolute Gasteiger partial charge is 0.325 e. The molecule has 1 aromatic carbocycles. The van der Waals surface area contributed by atoms with Gasteiger partial charge < -0.3 is 5.32 Å². The van der Waals surface area contributed by atoms with Gasteiger partial charge in [0.15, 0.2) is 5.01 Å². The number of urea groups is 1. The van der Waals surface area contributed by atoms with Gasteiger partial charge in [-0.3, -0.25) is 10.3 Å². The van der Waals surface area contributed by atoms with Crippen LogP contribution >= 0.6 is 27.3 Å². The molecule has 110 valence electrons. The van der Waals surface area contributed by atoms with Gasteiger partial charge in [0.25, 0.3) is 0 Å². The molecule has 2 heterocycles. The molecule has 0 fully saturated rings. The van der Waals surface area contributed by atoms with Crippen LogP contribution in [0.15, 0.2) is 53.3 Å². The first kappa shape index (κ1) is 14.6. The second-order valence-electron chi connectivity index (χ2n) is 4.24. The highest BCUT2D eigenvalue weighted by Crippen LogP contribution is 2.25. The third kappa shape index (κ3) is 3.66. The quantitative estimate of drug-likeness (QED) is 0.724. The summed E-state index contributed by atoms with van der Waals surface area (Å²) >= 11 is 4.63. The Morgan fingerprint density at radius 2 is 1.91 bits per heavy atom. The first-order valence-electron chi connectivity index (χ1n) is 6.28. The van der Waals surface area contributed by atoms with Gasteiger partial charge in [-0.1, -0.05) is 27.3 Å². The SMILES string of the molecule is O=C(Nc1ccc(Br)cc1)Nc1nnc(-c2cccnc2)s1. The van der Waals surface area contributed by atoms with Crippen LogP contribution in [0, 0.1) is 0 Å². The minimum absolute atomic E-state index is 0.365. The lowest BCUT2D eigenvalue weighted by molar-refractivity contribution is 0.262. The van der Waals surface area contributed by atoms with E-state index < -0.39 is 0 Å². The Bertz CT molecular complexity index is 775. The maximum absolute atomic E-state index is 11.9. The van der Waals surface area contributed by atoms with Gasteiger partial charge in [-0.05, 0) is 36.4 Å². The van der Waals surface area contributed by atoms with Gasteiger partial charge in [-0.15, -0.1) is 10.2 Å². The van der Waals surface area contributed by atoms with Gasteiger partial charge in [0.1, 0.15) is 0 Å². The molecule has 0 aliphatic heterocycles. The standard InChI is InChI=1S/C14H10BrN5OS/c15-10-3-5-11(6-4-10)17-13(21)18-14-20-19-12(22-14)9-2-1-7-16-8-9/h1-8H,(H2,17,18,20,21). The van der Waals surface area contributed by atoms with Crippen LogP contribution in [-0.4, -0.2) is 21.2 Å². The van der Waals surface area contributed by atoms with E-state index in [2.05, 4.69) is 41.7 Å². The van der Waals surface area contributed by atoms with E-state index >= 15 is 0 Å². The van der Waals surface area contributed by atoms with Gasteiger partial charge in [-0.25, -0.2) is 4.79 Å². The molecule has 2 N–H and O–H groups in total. The molecule has 0 radical (unpaired) electrons. The van der Waals surface area contributed by atoms with Gasteiger partial charge >= 0.3 is 6.03 Å². The molecule has 3 rings (SSSR count). The van der Waals surface area contributed by atoms with Crippen molar-refractivity contribution in [3.63, 3.8) is 0 Å². The fourth-order valence-corrected chi connectivity index (χ4v) is 2.67. The Kier molecular flexibility index (Phi) is 4.40. The second kappa shape index (κ2) is 6.63. The zero-order valence-electron chi connectivity index (χ0n) is 11.2. The predicted octanol–water partition coefficient (Wildman–Crippen LogP) is 4.01. The van der Waals surface area contributed by atoms with Crippen LogP contribution in [0.1, 0.15) is 0 Å². The maximum atomic E-state index is 11.9. The number of anilines is 2. The average molecular weight is 376 g/mol. The topological polar surface area (TPSA) is 79.8 Å². The number of hydrogen-bond acceptors (Lipinski definition) is 5. The van der Waals surface area contributed by atoms with Crippen LogP contribution < -0.4 is 10.6 Å². The fourth-order valence-electron chi connectivity index (χ4n) is 1.67. The van der Waals surface area contributed by atoms with E-state index in [9.17, 15) is 4.79 Å². The van der Waals surface area contributed by atoms with Crippen molar-refractivity contribution in [2.75, 3.05) is 10.6 Å². The maximum Gasteiger partial charge on any atom is 0.325 e. The third-order valence-corrected chi connectivity index (χ3v) is 4.07. The monoisotopic (exact) mass is 375 g/mol. The van der Waals surface area contributed by atoms with Crippen molar-refractivity contribution in [2.45, 2.75) is 0 Å². The molecule has 2 aromatic heterocycles. The molecule has 0 unspecified atom stereocenters. The normalized spacial score (nSPS) is 10.2. The molecule has 0 saturated heterocycles. The molecule has 3 aromatic rings. The van der Waals surface area contributed by atoms with E-state index in [1.807, 2.05) is 24.3 Å². The first-order chi connectivity index (χ1) is 10.7.